The fourth-order valence-corrected chi connectivity index (χ4v) is 1.47. The number of aryl methyl sites for hydroxylation is 1. The molecule has 3 nitrogen and oxygen atoms in total. The number of amides is 1. The van der Waals surface area contributed by atoms with Crippen LogP contribution < -0.4 is 5.73 Å². The van der Waals surface area contributed by atoms with E-state index in [1.807, 2.05) is 6.07 Å². The number of carbonyl (C=O) groups is 2. The van der Waals surface area contributed by atoms with Crippen LogP contribution in [0.25, 0.3) is 0 Å². The number of rotatable bonds is 5. The fraction of sp³-hybridized carbons (Fsp3) is 0.273. The molecule has 0 fully saturated rings. The van der Waals surface area contributed by atoms with Gasteiger partial charge < -0.3 is 5.73 Å². The summed E-state index contributed by atoms with van der Waals surface area (Å²) in [5.41, 5.74) is 6.49. The van der Waals surface area contributed by atoms with Crippen molar-refractivity contribution >= 4 is 23.8 Å². The van der Waals surface area contributed by atoms with Crippen LogP contribution in [0.2, 0.25) is 5.02 Å². The number of nitrogens with two attached hydrogens (primary N) is 1. The summed E-state index contributed by atoms with van der Waals surface area (Å²) in [6.45, 7) is 0. The molecule has 0 aliphatic carbocycles. The van der Waals surface area contributed by atoms with Crippen LogP contribution in [-0.4, -0.2) is 12.2 Å². The van der Waals surface area contributed by atoms with Gasteiger partial charge in [-0.25, -0.2) is 0 Å². The van der Waals surface area contributed by atoms with Crippen LogP contribution in [-0.2, 0) is 11.2 Å². The smallest absolute Gasteiger partial charge is 0.217 e. The minimum atomic E-state index is -0.306. The second-order valence-electron chi connectivity index (χ2n) is 3.29. The SMILES string of the molecule is NC(=O)CCCc1ccc(Cl)c(C=O)c1. The molecule has 0 spiro atoms. The Morgan fingerprint density at radius 3 is 2.80 bits per heavy atom. The summed E-state index contributed by atoms with van der Waals surface area (Å²) in [5, 5.41) is 0.448. The van der Waals surface area contributed by atoms with Gasteiger partial charge in [0, 0.05) is 12.0 Å². The first-order valence-corrected chi connectivity index (χ1v) is 5.03. The van der Waals surface area contributed by atoms with Crippen LogP contribution in [0.1, 0.15) is 28.8 Å². The average molecular weight is 226 g/mol. The molecule has 0 aliphatic heterocycles. The van der Waals surface area contributed by atoms with Crippen LogP contribution in [0.3, 0.4) is 0 Å². The lowest BCUT2D eigenvalue weighted by Gasteiger charge is -2.02. The minimum absolute atomic E-state index is 0.306. The van der Waals surface area contributed by atoms with Gasteiger partial charge in [0.05, 0.1) is 5.02 Å². The molecule has 1 aromatic carbocycles. The molecule has 0 radical (unpaired) electrons. The molecule has 15 heavy (non-hydrogen) atoms. The molecule has 1 amide bonds. The van der Waals surface area contributed by atoms with E-state index in [-0.39, 0.29) is 5.91 Å². The highest BCUT2D eigenvalue weighted by atomic mass is 35.5. The summed E-state index contributed by atoms with van der Waals surface area (Å²) in [6, 6.07) is 5.26. The molecule has 0 unspecified atom stereocenters. The third-order valence-electron chi connectivity index (χ3n) is 2.08. The first-order valence-electron chi connectivity index (χ1n) is 4.65. The van der Waals surface area contributed by atoms with Crippen molar-refractivity contribution in [2.24, 2.45) is 5.73 Å². The van der Waals surface area contributed by atoms with Crippen LogP contribution in [0, 0.1) is 0 Å². The quantitative estimate of drug-likeness (QED) is 0.779. The number of primary amides is 1. The van der Waals surface area contributed by atoms with Gasteiger partial charge in [-0.15, -0.1) is 0 Å². The number of halogens is 1. The Morgan fingerprint density at radius 2 is 2.20 bits per heavy atom. The molecular formula is C11H12ClNO2. The zero-order valence-electron chi connectivity index (χ0n) is 8.20. The second-order valence-corrected chi connectivity index (χ2v) is 3.70. The maximum atomic E-state index is 10.6. The Labute approximate surface area is 93.2 Å². The Hall–Kier alpha value is -1.35. The molecule has 0 atom stereocenters. The number of benzene rings is 1. The third-order valence-corrected chi connectivity index (χ3v) is 2.42. The standard InChI is InChI=1S/C11H12ClNO2/c12-10-5-4-8(6-9(10)7-14)2-1-3-11(13)15/h4-7H,1-3H2,(H2,13,15). The van der Waals surface area contributed by atoms with E-state index >= 15 is 0 Å². The van der Waals surface area contributed by atoms with E-state index in [1.165, 1.54) is 0 Å². The molecule has 4 heteroatoms. The van der Waals surface area contributed by atoms with Gasteiger partial charge in [-0.1, -0.05) is 17.7 Å². The van der Waals surface area contributed by atoms with Crippen LogP contribution in [0.15, 0.2) is 18.2 Å². The first-order chi connectivity index (χ1) is 7.13. The van der Waals surface area contributed by atoms with Crippen LogP contribution >= 0.6 is 11.6 Å². The van der Waals surface area contributed by atoms with Crippen molar-refractivity contribution in [1.82, 2.24) is 0 Å². The second kappa shape index (κ2) is 5.51. The number of aldehydes is 1. The van der Waals surface area contributed by atoms with Gasteiger partial charge in [0.2, 0.25) is 5.91 Å². The highest BCUT2D eigenvalue weighted by Gasteiger charge is 2.01. The van der Waals surface area contributed by atoms with Crippen molar-refractivity contribution in [3.63, 3.8) is 0 Å². The van der Waals surface area contributed by atoms with E-state index < -0.39 is 0 Å². The molecule has 0 saturated heterocycles. The topological polar surface area (TPSA) is 60.2 Å². The van der Waals surface area contributed by atoms with E-state index in [2.05, 4.69) is 0 Å². The van der Waals surface area contributed by atoms with Crippen molar-refractivity contribution < 1.29 is 9.59 Å². The molecule has 1 aromatic rings. The highest BCUT2D eigenvalue weighted by molar-refractivity contribution is 6.32. The molecule has 0 bridgehead atoms. The van der Waals surface area contributed by atoms with E-state index in [0.717, 1.165) is 18.3 Å². The van der Waals surface area contributed by atoms with Crippen molar-refractivity contribution in [2.45, 2.75) is 19.3 Å². The molecule has 0 saturated carbocycles. The van der Waals surface area contributed by atoms with Gasteiger partial charge in [-0.3, -0.25) is 9.59 Å². The summed E-state index contributed by atoms with van der Waals surface area (Å²) >= 11 is 5.78. The van der Waals surface area contributed by atoms with Gasteiger partial charge >= 0.3 is 0 Å². The lowest BCUT2D eigenvalue weighted by molar-refractivity contribution is -0.118. The van der Waals surface area contributed by atoms with Crippen molar-refractivity contribution in [2.75, 3.05) is 0 Å². The van der Waals surface area contributed by atoms with Gasteiger partial charge in [-0.2, -0.15) is 0 Å². The number of hydrogen-bond donors (Lipinski definition) is 1. The zero-order chi connectivity index (χ0) is 11.3. The monoisotopic (exact) mass is 225 g/mol. The lowest BCUT2D eigenvalue weighted by Crippen LogP contribution is -2.10. The predicted octanol–water partition coefficient (Wildman–Crippen LogP) is 1.96. The Kier molecular flexibility index (Phi) is 4.31. The van der Waals surface area contributed by atoms with Crippen molar-refractivity contribution in [1.29, 1.82) is 0 Å². The maximum absolute atomic E-state index is 10.6. The molecular weight excluding hydrogens is 214 g/mol. The first kappa shape index (κ1) is 11.7. The Morgan fingerprint density at radius 1 is 1.47 bits per heavy atom. The predicted molar refractivity (Wildman–Crippen MR) is 59.0 cm³/mol. The molecule has 0 aromatic heterocycles. The van der Waals surface area contributed by atoms with Gasteiger partial charge in [0.1, 0.15) is 0 Å². The summed E-state index contributed by atoms with van der Waals surface area (Å²) in [4.78, 5) is 21.1. The van der Waals surface area contributed by atoms with Gasteiger partial charge in [-0.05, 0) is 30.5 Å². The van der Waals surface area contributed by atoms with Crippen LogP contribution in [0.4, 0.5) is 0 Å². The maximum Gasteiger partial charge on any atom is 0.217 e. The Bertz CT molecular complexity index is 377. The largest absolute Gasteiger partial charge is 0.370 e. The summed E-state index contributed by atoms with van der Waals surface area (Å²) < 4.78 is 0. The summed E-state index contributed by atoms with van der Waals surface area (Å²) in [7, 11) is 0. The Balaban J connectivity index is 2.62. The third kappa shape index (κ3) is 3.72. The van der Waals surface area contributed by atoms with Crippen LogP contribution in [0.5, 0.6) is 0 Å². The summed E-state index contributed by atoms with van der Waals surface area (Å²) in [6.07, 6.45) is 2.50. The molecule has 0 aliphatic rings. The van der Waals surface area contributed by atoms with E-state index in [4.69, 9.17) is 17.3 Å². The lowest BCUT2D eigenvalue weighted by atomic mass is 10.1. The van der Waals surface area contributed by atoms with E-state index in [9.17, 15) is 9.59 Å². The normalized spacial score (nSPS) is 9.93. The van der Waals surface area contributed by atoms with E-state index in [0.29, 0.717) is 23.4 Å². The van der Waals surface area contributed by atoms with E-state index in [1.54, 1.807) is 12.1 Å². The molecule has 2 N–H and O–H groups in total. The number of carbonyl (C=O) groups excluding carboxylic acids is 2. The molecule has 1 rings (SSSR count). The fourth-order valence-electron chi connectivity index (χ4n) is 1.31. The van der Waals surface area contributed by atoms with Gasteiger partial charge in [0.25, 0.3) is 0 Å². The average Bonchev–Trinajstić information content (AvgIpc) is 2.20. The summed E-state index contributed by atoms with van der Waals surface area (Å²) in [5.74, 6) is -0.306. The molecule has 80 valence electrons. The number of hydrogen-bond acceptors (Lipinski definition) is 2. The molecule has 0 heterocycles. The minimum Gasteiger partial charge on any atom is -0.370 e. The van der Waals surface area contributed by atoms with Crippen molar-refractivity contribution in [3.05, 3.63) is 34.3 Å². The zero-order valence-corrected chi connectivity index (χ0v) is 8.96. The highest BCUT2D eigenvalue weighted by Crippen LogP contribution is 2.16. The van der Waals surface area contributed by atoms with Crippen molar-refractivity contribution in [3.8, 4) is 0 Å². The van der Waals surface area contributed by atoms with Gasteiger partial charge in [0.15, 0.2) is 6.29 Å².